The summed E-state index contributed by atoms with van der Waals surface area (Å²) in [5.74, 6) is 0.489. The van der Waals surface area contributed by atoms with E-state index >= 15 is 0 Å². The monoisotopic (exact) mass is 327 g/mol. The van der Waals surface area contributed by atoms with Gasteiger partial charge in [-0.2, -0.15) is 0 Å². The van der Waals surface area contributed by atoms with Crippen molar-refractivity contribution < 1.29 is 14.6 Å². The molecular weight excluding hydrogens is 302 g/mol. The van der Waals surface area contributed by atoms with Gasteiger partial charge < -0.3 is 15.2 Å². The van der Waals surface area contributed by atoms with Gasteiger partial charge in [0.2, 0.25) is 0 Å². The van der Waals surface area contributed by atoms with Crippen LogP contribution in [0.5, 0.6) is 5.75 Å². The van der Waals surface area contributed by atoms with Gasteiger partial charge in [0.25, 0.3) is 0 Å². The summed E-state index contributed by atoms with van der Waals surface area (Å²) in [5.41, 5.74) is 2.04. The minimum Gasteiger partial charge on any atom is -0.493 e. The molecule has 0 spiro atoms. The average Bonchev–Trinajstić information content (AvgIpc) is 2.58. The molecule has 0 fully saturated rings. The Labute approximate surface area is 143 Å². The lowest BCUT2D eigenvalue weighted by atomic mass is 10.1. The van der Waals surface area contributed by atoms with Gasteiger partial charge in [0.05, 0.1) is 6.61 Å². The molecule has 2 aromatic carbocycles. The Kier molecular flexibility index (Phi) is 6.82. The topological polar surface area (TPSA) is 58.6 Å². The minimum atomic E-state index is -0.837. The molecular formula is C20H25NO3. The van der Waals surface area contributed by atoms with Crippen molar-refractivity contribution in [3.8, 4) is 5.75 Å². The molecule has 0 aliphatic carbocycles. The van der Waals surface area contributed by atoms with Crippen molar-refractivity contribution >= 4 is 5.97 Å². The van der Waals surface area contributed by atoms with E-state index in [4.69, 9.17) is 4.74 Å². The average molecular weight is 327 g/mol. The number of ether oxygens (including phenoxy) is 1. The smallest absolute Gasteiger partial charge is 0.321 e. The van der Waals surface area contributed by atoms with Crippen LogP contribution < -0.4 is 10.1 Å². The van der Waals surface area contributed by atoms with E-state index in [0.29, 0.717) is 25.5 Å². The lowest BCUT2D eigenvalue weighted by Crippen LogP contribution is -2.38. The molecule has 0 heterocycles. The van der Waals surface area contributed by atoms with Gasteiger partial charge in [-0.1, -0.05) is 56.3 Å². The lowest BCUT2D eigenvalue weighted by Gasteiger charge is -2.15. The Hall–Kier alpha value is -2.33. The molecule has 0 aliphatic rings. The van der Waals surface area contributed by atoms with E-state index in [0.717, 1.165) is 16.9 Å². The van der Waals surface area contributed by atoms with E-state index in [-0.39, 0.29) is 0 Å². The Balaban J connectivity index is 1.88. The highest BCUT2D eigenvalue weighted by atomic mass is 16.5. The molecule has 0 aromatic heterocycles. The molecule has 0 aliphatic heterocycles. The first-order valence-corrected chi connectivity index (χ1v) is 8.26. The Morgan fingerprint density at radius 1 is 1.04 bits per heavy atom. The first-order valence-electron chi connectivity index (χ1n) is 8.26. The first kappa shape index (κ1) is 18.0. The van der Waals surface area contributed by atoms with E-state index in [1.165, 1.54) is 0 Å². The second-order valence-corrected chi connectivity index (χ2v) is 6.31. The van der Waals surface area contributed by atoms with Gasteiger partial charge in [0.1, 0.15) is 11.8 Å². The number of carboxylic acids is 1. The number of aliphatic carboxylic acids is 1. The molecule has 128 valence electrons. The molecule has 0 saturated carbocycles. The number of rotatable bonds is 9. The summed E-state index contributed by atoms with van der Waals surface area (Å²) >= 11 is 0. The summed E-state index contributed by atoms with van der Waals surface area (Å²) in [6.07, 6.45) is 0.464. The Morgan fingerprint density at radius 3 is 2.29 bits per heavy atom. The third-order valence-corrected chi connectivity index (χ3v) is 3.64. The molecule has 0 radical (unpaired) electrons. The van der Waals surface area contributed by atoms with Crippen LogP contribution >= 0.6 is 0 Å². The zero-order valence-corrected chi connectivity index (χ0v) is 14.2. The molecule has 4 heteroatoms. The van der Waals surface area contributed by atoms with E-state index in [2.05, 4.69) is 19.2 Å². The zero-order valence-electron chi connectivity index (χ0n) is 14.2. The first-order chi connectivity index (χ1) is 11.5. The van der Waals surface area contributed by atoms with Crippen LogP contribution in [0.3, 0.4) is 0 Å². The van der Waals surface area contributed by atoms with Gasteiger partial charge in [0.15, 0.2) is 0 Å². The van der Waals surface area contributed by atoms with Crippen LogP contribution in [0.4, 0.5) is 0 Å². The molecule has 0 bridgehead atoms. The van der Waals surface area contributed by atoms with Crippen molar-refractivity contribution in [1.29, 1.82) is 0 Å². The fraction of sp³-hybridized carbons (Fsp3) is 0.350. The van der Waals surface area contributed by atoms with Crippen molar-refractivity contribution in [3.63, 3.8) is 0 Å². The highest BCUT2D eigenvalue weighted by molar-refractivity contribution is 5.73. The second kappa shape index (κ2) is 9.08. The molecule has 2 aromatic rings. The van der Waals surface area contributed by atoms with Crippen LogP contribution in [0.15, 0.2) is 54.6 Å². The molecule has 2 rings (SSSR count). The lowest BCUT2D eigenvalue weighted by molar-refractivity contribution is -0.139. The van der Waals surface area contributed by atoms with Gasteiger partial charge in [-0.15, -0.1) is 0 Å². The second-order valence-electron chi connectivity index (χ2n) is 6.31. The quantitative estimate of drug-likeness (QED) is 0.740. The fourth-order valence-electron chi connectivity index (χ4n) is 2.30. The van der Waals surface area contributed by atoms with Gasteiger partial charge in [0, 0.05) is 6.54 Å². The number of nitrogens with one attached hydrogen (secondary N) is 1. The highest BCUT2D eigenvalue weighted by Gasteiger charge is 2.17. The third kappa shape index (κ3) is 6.05. The normalized spacial score (nSPS) is 12.1. The maximum absolute atomic E-state index is 11.4. The summed E-state index contributed by atoms with van der Waals surface area (Å²) in [5, 5.41) is 12.5. The van der Waals surface area contributed by atoms with Crippen LogP contribution in [0.25, 0.3) is 0 Å². The van der Waals surface area contributed by atoms with E-state index < -0.39 is 12.0 Å². The molecule has 2 N–H and O–H groups in total. The predicted molar refractivity (Wildman–Crippen MR) is 95.2 cm³/mol. The van der Waals surface area contributed by atoms with Crippen LogP contribution in [-0.4, -0.2) is 23.7 Å². The molecule has 1 atom stereocenters. The maximum atomic E-state index is 11.4. The van der Waals surface area contributed by atoms with Crippen molar-refractivity contribution in [1.82, 2.24) is 5.32 Å². The SMILES string of the molecule is CC(C)COc1ccc(CN[C@@H](Cc2ccccc2)C(=O)O)cc1. The fourth-order valence-corrected chi connectivity index (χ4v) is 2.30. The summed E-state index contributed by atoms with van der Waals surface area (Å²) in [6.45, 7) is 5.41. The zero-order chi connectivity index (χ0) is 17.4. The standard InChI is InChI=1S/C20H25NO3/c1-15(2)14-24-18-10-8-17(9-11-18)13-21-19(20(22)23)12-16-6-4-3-5-7-16/h3-11,15,19,21H,12-14H2,1-2H3,(H,22,23)/t19-/m0/s1. The van der Waals surface area contributed by atoms with Crippen molar-refractivity contribution in [2.45, 2.75) is 32.9 Å². The minimum absolute atomic E-state index is 0.464. The number of hydrogen-bond donors (Lipinski definition) is 2. The van der Waals surface area contributed by atoms with Crippen LogP contribution in [0.2, 0.25) is 0 Å². The number of hydrogen-bond acceptors (Lipinski definition) is 3. The number of benzene rings is 2. The molecule has 0 saturated heterocycles. The van der Waals surface area contributed by atoms with Gasteiger partial charge >= 0.3 is 5.97 Å². The van der Waals surface area contributed by atoms with Crippen LogP contribution in [-0.2, 0) is 17.8 Å². The van der Waals surface area contributed by atoms with E-state index in [9.17, 15) is 9.90 Å². The molecule has 0 amide bonds. The molecule has 0 unspecified atom stereocenters. The van der Waals surface area contributed by atoms with Gasteiger partial charge in [-0.25, -0.2) is 0 Å². The summed E-state index contributed by atoms with van der Waals surface area (Å²) in [7, 11) is 0. The Bertz CT molecular complexity index is 623. The van der Waals surface area contributed by atoms with Crippen LogP contribution in [0, 0.1) is 5.92 Å². The van der Waals surface area contributed by atoms with Gasteiger partial charge in [-0.3, -0.25) is 4.79 Å². The highest BCUT2D eigenvalue weighted by Crippen LogP contribution is 2.13. The largest absolute Gasteiger partial charge is 0.493 e. The summed E-state index contributed by atoms with van der Waals surface area (Å²) in [4.78, 5) is 11.4. The Morgan fingerprint density at radius 2 is 1.71 bits per heavy atom. The van der Waals surface area contributed by atoms with Crippen molar-refractivity contribution in [3.05, 3.63) is 65.7 Å². The maximum Gasteiger partial charge on any atom is 0.321 e. The number of carboxylic acid groups (broad SMARTS) is 1. The van der Waals surface area contributed by atoms with E-state index in [1.54, 1.807) is 0 Å². The van der Waals surface area contributed by atoms with Gasteiger partial charge in [-0.05, 0) is 35.6 Å². The van der Waals surface area contributed by atoms with Crippen molar-refractivity contribution in [2.24, 2.45) is 5.92 Å². The third-order valence-electron chi connectivity index (χ3n) is 3.64. The van der Waals surface area contributed by atoms with Crippen molar-refractivity contribution in [2.75, 3.05) is 6.61 Å². The van der Waals surface area contributed by atoms with E-state index in [1.807, 2.05) is 54.6 Å². The molecule has 24 heavy (non-hydrogen) atoms. The number of carbonyl (C=O) groups is 1. The molecule has 4 nitrogen and oxygen atoms in total. The predicted octanol–water partition coefficient (Wildman–Crippen LogP) is 3.51. The van der Waals surface area contributed by atoms with Crippen LogP contribution in [0.1, 0.15) is 25.0 Å². The summed E-state index contributed by atoms with van der Waals surface area (Å²) in [6, 6.07) is 16.8. The summed E-state index contributed by atoms with van der Waals surface area (Å²) < 4.78 is 5.65.